The minimum atomic E-state index is 0.0370. The van der Waals surface area contributed by atoms with Crippen molar-refractivity contribution in [1.82, 2.24) is 19.9 Å². The van der Waals surface area contributed by atoms with Gasteiger partial charge in [0.15, 0.2) is 11.5 Å². The van der Waals surface area contributed by atoms with Gasteiger partial charge in [0.25, 0.3) is 0 Å². The molecule has 3 rings (SSSR count). The van der Waals surface area contributed by atoms with Crippen LogP contribution in [0.4, 0.5) is 0 Å². The van der Waals surface area contributed by atoms with Crippen molar-refractivity contribution < 1.29 is 5.11 Å². The first-order valence-electron chi connectivity index (χ1n) is 6.65. The molecular formula is C15H15ClN4O. The van der Waals surface area contributed by atoms with Crippen LogP contribution >= 0.6 is 11.6 Å². The molecule has 21 heavy (non-hydrogen) atoms. The molecule has 0 saturated heterocycles. The molecule has 5 nitrogen and oxygen atoms in total. The second-order valence-electron chi connectivity index (χ2n) is 4.88. The Kier molecular flexibility index (Phi) is 3.77. The molecule has 1 aromatic carbocycles. The van der Waals surface area contributed by atoms with Gasteiger partial charge in [-0.25, -0.2) is 0 Å². The van der Waals surface area contributed by atoms with Gasteiger partial charge in [0.2, 0.25) is 0 Å². The molecule has 0 aliphatic carbocycles. The fraction of sp³-hybridized carbons (Fsp3) is 0.200. The normalized spacial score (nSPS) is 12.7. The number of rotatable bonds is 4. The van der Waals surface area contributed by atoms with E-state index in [-0.39, 0.29) is 11.8 Å². The second kappa shape index (κ2) is 5.71. The van der Waals surface area contributed by atoms with Crippen molar-refractivity contribution in [3.63, 3.8) is 0 Å². The standard InChI is InChI=1S/C15H15ClN4O/c1-10(15-19-18-14-4-2-3-7-20(14)15)17-9-11-5-6-13(21)12(16)8-11/h2-8,10,17,21H,9H2,1H3. The smallest absolute Gasteiger partial charge is 0.160 e. The average Bonchev–Trinajstić information content (AvgIpc) is 2.92. The highest BCUT2D eigenvalue weighted by Gasteiger charge is 2.12. The van der Waals surface area contributed by atoms with E-state index in [1.54, 1.807) is 12.1 Å². The molecule has 0 saturated carbocycles. The van der Waals surface area contributed by atoms with Gasteiger partial charge in [-0.15, -0.1) is 10.2 Å². The van der Waals surface area contributed by atoms with E-state index in [1.807, 2.05) is 41.8 Å². The first-order valence-corrected chi connectivity index (χ1v) is 7.03. The van der Waals surface area contributed by atoms with Crippen LogP contribution in [0.1, 0.15) is 24.4 Å². The quantitative estimate of drug-likeness (QED) is 0.778. The molecule has 0 aliphatic heterocycles. The van der Waals surface area contributed by atoms with E-state index in [0.29, 0.717) is 11.6 Å². The van der Waals surface area contributed by atoms with Gasteiger partial charge in [0.05, 0.1) is 11.1 Å². The lowest BCUT2D eigenvalue weighted by Crippen LogP contribution is -2.20. The van der Waals surface area contributed by atoms with Gasteiger partial charge < -0.3 is 10.4 Å². The summed E-state index contributed by atoms with van der Waals surface area (Å²) >= 11 is 5.90. The Morgan fingerprint density at radius 1 is 1.29 bits per heavy atom. The van der Waals surface area contributed by atoms with E-state index < -0.39 is 0 Å². The zero-order chi connectivity index (χ0) is 14.8. The highest BCUT2D eigenvalue weighted by atomic mass is 35.5. The van der Waals surface area contributed by atoms with Crippen LogP contribution in [-0.4, -0.2) is 19.7 Å². The summed E-state index contributed by atoms with van der Waals surface area (Å²) in [4.78, 5) is 0. The molecule has 0 fully saturated rings. The Morgan fingerprint density at radius 3 is 2.95 bits per heavy atom. The third kappa shape index (κ3) is 2.84. The van der Waals surface area contributed by atoms with E-state index in [4.69, 9.17) is 11.6 Å². The molecule has 108 valence electrons. The number of hydrogen-bond donors (Lipinski definition) is 2. The summed E-state index contributed by atoms with van der Waals surface area (Å²) in [6.45, 7) is 2.66. The maximum atomic E-state index is 9.42. The number of nitrogens with zero attached hydrogens (tertiary/aromatic N) is 3. The summed E-state index contributed by atoms with van der Waals surface area (Å²) < 4.78 is 1.96. The van der Waals surface area contributed by atoms with Crippen LogP contribution in [0.2, 0.25) is 5.02 Å². The van der Waals surface area contributed by atoms with Gasteiger partial charge in [-0.05, 0) is 36.8 Å². The van der Waals surface area contributed by atoms with Crippen molar-refractivity contribution in [3.05, 3.63) is 59.0 Å². The number of aromatic hydroxyl groups is 1. The Labute approximate surface area is 127 Å². The van der Waals surface area contributed by atoms with E-state index >= 15 is 0 Å². The van der Waals surface area contributed by atoms with Gasteiger partial charge in [-0.1, -0.05) is 23.7 Å². The van der Waals surface area contributed by atoms with Crippen LogP contribution < -0.4 is 5.32 Å². The highest BCUT2D eigenvalue weighted by Crippen LogP contribution is 2.24. The van der Waals surface area contributed by atoms with Gasteiger partial charge in [-0.2, -0.15) is 0 Å². The minimum absolute atomic E-state index is 0.0370. The molecule has 0 bridgehead atoms. The van der Waals surface area contributed by atoms with E-state index in [1.165, 1.54) is 0 Å². The number of benzene rings is 1. The summed E-state index contributed by atoms with van der Waals surface area (Å²) in [5.74, 6) is 0.951. The maximum absolute atomic E-state index is 9.42. The summed E-state index contributed by atoms with van der Waals surface area (Å²) in [6.07, 6.45) is 1.94. The number of aromatic nitrogens is 3. The third-order valence-corrected chi connectivity index (χ3v) is 3.65. The molecule has 0 aliphatic rings. The van der Waals surface area contributed by atoms with Crippen LogP contribution in [0.3, 0.4) is 0 Å². The molecule has 2 heterocycles. The number of pyridine rings is 1. The number of halogens is 1. The van der Waals surface area contributed by atoms with E-state index in [0.717, 1.165) is 17.0 Å². The summed E-state index contributed by atoms with van der Waals surface area (Å²) in [6, 6.07) is 11.0. The number of nitrogens with one attached hydrogen (secondary N) is 1. The molecule has 2 N–H and O–H groups in total. The van der Waals surface area contributed by atoms with Gasteiger partial charge in [0, 0.05) is 12.7 Å². The van der Waals surface area contributed by atoms with Crippen LogP contribution in [0.5, 0.6) is 5.75 Å². The molecule has 1 unspecified atom stereocenters. The van der Waals surface area contributed by atoms with Crippen LogP contribution in [0.25, 0.3) is 5.65 Å². The fourth-order valence-corrected chi connectivity index (χ4v) is 2.38. The van der Waals surface area contributed by atoms with Gasteiger partial charge >= 0.3 is 0 Å². The third-order valence-electron chi connectivity index (χ3n) is 3.35. The Morgan fingerprint density at radius 2 is 2.14 bits per heavy atom. The topological polar surface area (TPSA) is 62.5 Å². The van der Waals surface area contributed by atoms with E-state index in [2.05, 4.69) is 15.5 Å². The van der Waals surface area contributed by atoms with Crippen molar-refractivity contribution in [2.24, 2.45) is 0 Å². The first kappa shape index (κ1) is 13.9. The van der Waals surface area contributed by atoms with Crippen molar-refractivity contribution >= 4 is 17.2 Å². The largest absolute Gasteiger partial charge is 0.506 e. The van der Waals surface area contributed by atoms with Crippen molar-refractivity contribution in [2.45, 2.75) is 19.5 Å². The SMILES string of the molecule is CC(NCc1ccc(O)c(Cl)c1)c1nnc2ccccn12. The molecule has 2 aromatic heterocycles. The number of hydrogen-bond acceptors (Lipinski definition) is 4. The lowest BCUT2D eigenvalue weighted by molar-refractivity contribution is 0.475. The number of fused-ring (bicyclic) bond motifs is 1. The van der Waals surface area contributed by atoms with Crippen molar-refractivity contribution in [1.29, 1.82) is 0 Å². The van der Waals surface area contributed by atoms with E-state index in [9.17, 15) is 5.11 Å². The van der Waals surface area contributed by atoms with Crippen LogP contribution in [0.15, 0.2) is 42.6 Å². The minimum Gasteiger partial charge on any atom is -0.506 e. The fourth-order valence-electron chi connectivity index (χ4n) is 2.18. The number of phenolic OH excluding ortho intramolecular Hbond substituents is 1. The van der Waals surface area contributed by atoms with Crippen molar-refractivity contribution in [2.75, 3.05) is 0 Å². The molecule has 3 aromatic rings. The first-order chi connectivity index (χ1) is 10.1. The monoisotopic (exact) mass is 302 g/mol. The Bertz CT molecular complexity index is 771. The van der Waals surface area contributed by atoms with Crippen LogP contribution in [0, 0.1) is 0 Å². The lowest BCUT2D eigenvalue weighted by atomic mass is 10.2. The molecule has 0 spiro atoms. The van der Waals surface area contributed by atoms with Crippen molar-refractivity contribution in [3.8, 4) is 5.75 Å². The predicted octanol–water partition coefficient (Wildman–Crippen LogP) is 2.94. The summed E-state index contributed by atoms with van der Waals surface area (Å²) in [5, 5.41) is 21.5. The Balaban J connectivity index is 1.74. The molecule has 6 heteroatoms. The zero-order valence-corrected chi connectivity index (χ0v) is 12.2. The summed E-state index contributed by atoms with van der Waals surface area (Å²) in [7, 11) is 0. The molecule has 0 amide bonds. The maximum Gasteiger partial charge on any atom is 0.160 e. The summed E-state index contributed by atoms with van der Waals surface area (Å²) in [5.41, 5.74) is 1.83. The molecular weight excluding hydrogens is 288 g/mol. The predicted molar refractivity (Wildman–Crippen MR) is 81.4 cm³/mol. The zero-order valence-electron chi connectivity index (χ0n) is 11.5. The van der Waals surface area contributed by atoms with Gasteiger partial charge in [0.1, 0.15) is 5.75 Å². The lowest BCUT2D eigenvalue weighted by Gasteiger charge is -2.12. The number of phenols is 1. The average molecular weight is 303 g/mol. The second-order valence-corrected chi connectivity index (χ2v) is 5.28. The van der Waals surface area contributed by atoms with Crippen LogP contribution in [-0.2, 0) is 6.54 Å². The molecule has 0 radical (unpaired) electrons. The van der Waals surface area contributed by atoms with Gasteiger partial charge in [-0.3, -0.25) is 4.40 Å². The Hall–Kier alpha value is -2.11. The highest BCUT2D eigenvalue weighted by molar-refractivity contribution is 6.32. The molecule has 1 atom stereocenters.